The Morgan fingerprint density at radius 1 is 1.12 bits per heavy atom. The molecule has 1 aromatic heterocycles. The van der Waals surface area contributed by atoms with E-state index < -0.39 is 0 Å². The van der Waals surface area contributed by atoms with E-state index in [1.165, 1.54) is 11.1 Å². The van der Waals surface area contributed by atoms with Gasteiger partial charge in [-0.3, -0.25) is 14.6 Å². The second-order valence-corrected chi connectivity index (χ2v) is 8.41. The van der Waals surface area contributed by atoms with E-state index in [9.17, 15) is 4.79 Å². The molecule has 0 bridgehead atoms. The highest BCUT2D eigenvalue weighted by atomic mass is 16.5. The Morgan fingerprint density at radius 2 is 1.88 bits per heavy atom. The van der Waals surface area contributed by atoms with Gasteiger partial charge in [-0.1, -0.05) is 54.0 Å². The first-order valence-electron chi connectivity index (χ1n) is 11.3. The largest absolute Gasteiger partial charge is 0.337 e. The third kappa shape index (κ3) is 5.41. The Hall–Kier alpha value is -3.03. The fourth-order valence-corrected chi connectivity index (χ4v) is 3.96. The number of carbonyl (C=O) groups is 1. The Labute approximate surface area is 189 Å². The van der Waals surface area contributed by atoms with Crippen molar-refractivity contribution in [2.24, 2.45) is 0 Å². The number of carbonyl (C=O) groups excluding carboxylic acids is 1. The van der Waals surface area contributed by atoms with Crippen LogP contribution in [0.5, 0.6) is 0 Å². The number of aryl methyl sites for hydroxylation is 2. The standard InChI is InChI=1S/C25H31N5O2/c1-4-20-6-5-7-22(16-20)26-23(31)17-29-12-14-30(15-13-29)19(3)25-27-24(28-32-25)21-10-8-18(2)9-11-21/h5-11,16,19H,4,12-15,17H2,1-3H3,(H,26,31). The van der Waals surface area contributed by atoms with E-state index in [2.05, 4.69) is 52.1 Å². The van der Waals surface area contributed by atoms with E-state index in [0.29, 0.717) is 18.3 Å². The fraction of sp³-hybridized carbons (Fsp3) is 0.400. The minimum Gasteiger partial charge on any atom is -0.337 e. The number of benzene rings is 2. The third-order valence-electron chi connectivity index (χ3n) is 6.05. The van der Waals surface area contributed by atoms with Crippen molar-refractivity contribution in [2.75, 3.05) is 38.0 Å². The highest BCUT2D eigenvalue weighted by molar-refractivity contribution is 5.92. The van der Waals surface area contributed by atoms with Crippen molar-refractivity contribution in [1.29, 1.82) is 0 Å². The van der Waals surface area contributed by atoms with Gasteiger partial charge < -0.3 is 9.84 Å². The first-order valence-corrected chi connectivity index (χ1v) is 11.3. The summed E-state index contributed by atoms with van der Waals surface area (Å²) in [6.45, 7) is 10.0. The predicted octanol–water partition coefficient (Wildman–Crippen LogP) is 3.92. The molecular weight excluding hydrogens is 402 g/mol. The third-order valence-corrected chi connectivity index (χ3v) is 6.05. The number of piperazine rings is 1. The summed E-state index contributed by atoms with van der Waals surface area (Å²) in [6.07, 6.45) is 0.955. The Morgan fingerprint density at radius 3 is 2.59 bits per heavy atom. The van der Waals surface area contributed by atoms with Crippen LogP contribution in [-0.2, 0) is 11.2 Å². The maximum Gasteiger partial charge on any atom is 0.244 e. The molecule has 1 N–H and O–H groups in total. The van der Waals surface area contributed by atoms with Crippen LogP contribution in [0.4, 0.5) is 5.69 Å². The zero-order valence-corrected chi connectivity index (χ0v) is 19.0. The van der Waals surface area contributed by atoms with Crippen molar-refractivity contribution in [3.05, 3.63) is 65.5 Å². The molecule has 0 aliphatic carbocycles. The van der Waals surface area contributed by atoms with Gasteiger partial charge in [-0.2, -0.15) is 4.98 Å². The quantitative estimate of drug-likeness (QED) is 0.609. The van der Waals surface area contributed by atoms with Crippen molar-refractivity contribution in [2.45, 2.75) is 33.2 Å². The van der Waals surface area contributed by atoms with Crippen molar-refractivity contribution < 1.29 is 9.32 Å². The average Bonchev–Trinajstić information content (AvgIpc) is 3.30. The number of hydrogen-bond acceptors (Lipinski definition) is 6. The van der Waals surface area contributed by atoms with Crippen molar-refractivity contribution >= 4 is 11.6 Å². The lowest BCUT2D eigenvalue weighted by molar-refractivity contribution is -0.117. The molecule has 168 valence electrons. The van der Waals surface area contributed by atoms with E-state index >= 15 is 0 Å². The lowest BCUT2D eigenvalue weighted by Crippen LogP contribution is -2.49. The van der Waals surface area contributed by atoms with Gasteiger partial charge in [-0.25, -0.2) is 0 Å². The monoisotopic (exact) mass is 433 g/mol. The SMILES string of the molecule is CCc1cccc(NC(=O)CN2CCN(C(C)c3nc(-c4ccc(C)cc4)no3)CC2)c1. The minimum absolute atomic E-state index is 0.0272. The molecule has 1 aliphatic rings. The highest BCUT2D eigenvalue weighted by Gasteiger charge is 2.26. The molecule has 1 saturated heterocycles. The number of nitrogens with one attached hydrogen (secondary N) is 1. The van der Waals surface area contributed by atoms with Gasteiger partial charge in [0.1, 0.15) is 0 Å². The van der Waals surface area contributed by atoms with E-state index in [1.807, 2.05) is 42.5 Å². The van der Waals surface area contributed by atoms with Crippen LogP contribution in [0.3, 0.4) is 0 Å². The van der Waals surface area contributed by atoms with Crippen LogP contribution in [0.1, 0.15) is 36.9 Å². The molecule has 1 fully saturated rings. The predicted molar refractivity (Wildman–Crippen MR) is 125 cm³/mol. The summed E-state index contributed by atoms with van der Waals surface area (Å²) < 4.78 is 5.56. The molecule has 7 heteroatoms. The molecule has 1 aliphatic heterocycles. The number of amides is 1. The Balaban J connectivity index is 1.28. The molecule has 2 heterocycles. The van der Waals surface area contributed by atoms with Crippen LogP contribution < -0.4 is 5.32 Å². The van der Waals surface area contributed by atoms with Gasteiger partial charge in [0.25, 0.3) is 0 Å². The summed E-state index contributed by atoms with van der Waals surface area (Å²) in [5.74, 6) is 1.27. The van der Waals surface area contributed by atoms with Gasteiger partial charge in [0.2, 0.25) is 17.6 Å². The second kappa shape index (κ2) is 10.1. The molecule has 7 nitrogen and oxygen atoms in total. The molecule has 32 heavy (non-hydrogen) atoms. The Bertz CT molecular complexity index is 1040. The normalized spacial score (nSPS) is 16.1. The molecule has 0 spiro atoms. The molecule has 3 aromatic rings. The molecule has 4 rings (SSSR count). The zero-order chi connectivity index (χ0) is 22.5. The van der Waals surface area contributed by atoms with Crippen molar-refractivity contribution in [3.63, 3.8) is 0 Å². The van der Waals surface area contributed by atoms with E-state index in [0.717, 1.165) is 43.9 Å². The number of hydrogen-bond donors (Lipinski definition) is 1. The van der Waals surface area contributed by atoms with Crippen LogP contribution in [-0.4, -0.2) is 58.6 Å². The van der Waals surface area contributed by atoms with Gasteiger partial charge in [0.15, 0.2) is 0 Å². The topological polar surface area (TPSA) is 74.5 Å². The number of aromatic nitrogens is 2. The number of nitrogens with zero attached hydrogens (tertiary/aromatic N) is 4. The zero-order valence-electron chi connectivity index (χ0n) is 19.0. The van der Waals surface area contributed by atoms with E-state index in [4.69, 9.17) is 4.52 Å². The molecular formula is C25H31N5O2. The lowest BCUT2D eigenvalue weighted by atomic mass is 10.1. The van der Waals surface area contributed by atoms with Gasteiger partial charge in [-0.05, 0) is 38.0 Å². The van der Waals surface area contributed by atoms with Gasteiger partial charge in [0.05, 0.1) is 12.6 Å². The summed E-state index contributed by atoms with van der Waals surface area (Å²) in [7, 11) is 0. The van der Waals surface area contributed by atoms with Crippen LogP contribution >= 0.6 is 0 Å². The maximum atomic E-state index is 12.5. The van der Waals surface area contributed by atoms with Crippen LogP contribution in [0.2, 0.25) is 0 Å². The second-order valence-electron chi connectivity index (χ2n) is 8.41. The molecule has 2 aromatic carbocycles. The van der Waals surface area contributed by atoms with Crippen molar-refractivity contribution in [3.8, 4) is 11.4 Å². The first-order chi connectivity index (χ1) is 15.5. The molecule has 0 radical (unpaired) electrons. The average molecular weight is 434 g/mol. The number of rotatable bonds is 7. The van der Waals surface area contributed by atoms with Crippen LogP contribution in [0.25, 0.3) is 11.4 Å². The number of anilines is 1. The fourth-order valence-electron chi connectivity index (χ4n) is 3.96. The summed E-state index contributed by atoms with van der Waals surface area (Å²) in [6, 6.07) is 16.2. The minimum atomic E-state index is 0.0272. The molecule has 1 amide bonds. The lowest BCUT2D eigenvalue weighted by Gasteiger charge is -2.36. The summed E-state index contributed by atoms with van der Waals surface area (Å²) in [4.78, 5) is 21.6. The van der Waals surface area contributed by atoms with Crippen molar-refractivity contribution in [1.82, 2.24) is 19.9 Å². The van der Waals surface area contributed by atoms with Gasteiger partial charge >= 0.3 is 0 Å². The smallest absolute Gasteiger partial charge is 0.244 e. The summed E-state index contributed by atoms with van der Waals surface area (Å²) in [5.41, 5.74) is 4.24. The summed E-state index contributed by atoms with van der Waals surface area (Å²) >= 11 is 0. The van der Waals surface area contributed by atoms with Gasteiger partial charge in [0, 0.05) is 37.4 Å². The van der Waals surface area contributed by atoms with E-state index in [-0.39, 0.29) is 11.9 Å². The molecule has 0 saturated carbocycles. The summed E-state index contributed by atoms with van der Waals surface area (Å²) in [5, 5.41) is 7.18. The molecule has 1 unspecified atom stereocenters. The first kappa shape index (κ1) is 22.2. The maximum absolute atomic E-state index is 12.5. The van der Waals surface area contributed by atoms with Crippen LogP contribution in [0, 0.1) is 6.92 Å². The highest BCUT2D eigenvalue weighted by Crippen LogP contribution is 2.23. The van der Waals surface area contributed by atoms with Crippen LogP contribution in [0.15, 0.2) is 53.1 Å². The Kier molecular flexibility index (Phi) is 6.97. The van der Waals surface area contributed by atoms with Gasteiger partial charge in [-0.15, -0.1) is 0 Å². The van der Waals surface area contributed by atoms with E-state index in [1.54, 1.807) is 0 Å². The molecule has 1 atom stereocenters.